The van der Waals surface area contributed by atoms with Crippen molar-refractivity contribution in [3.05, 3.63) is 0 Å². The Balaban J connectivity index is 1.73. The summed E-state index contributed by atoms with van der Waals surface area (Å²) in [5.41, 5.74) is 0. The molecule has 1 saturated carbocycles. The molecule has 2 aliphatic rings. The maximum absolute atomic E-state index is 9.95. The van der Waals surface area contributed by atoms with Crippen LogP contribution in [0.25, 0.3) is 0 Å². The summed E-state index contributed by atoms with van der Waals surface area (Å²) in [6, 6.07) is 0. The maximum atomic E-state index is 9.95. The minimum atomic E-state index is -0.417. The van der Waals surface area contributed by atoms with Gasteiger partial charge in [-0.05, 0) is 31.6 Å². The molecule has 124 valence electrons. The van der Waals surface area contributed by atoms with Crippen molar-refractivity contribution in [1.82, 2.24) is 0 Å². The molecule has 3 atom stereocenters. The van der Waals surface area contributed by atoms with E-state index in [-0.39, 0.29) is 18.1 Å². The lowest BCUT2D eigenvalue weighted by Crippen LogP contribution is -2.31. The predicted octanol–water partition coefficient (Wildman–Crippen LogP) is 3.00. The van der Waals surface area contributed by atoms with E-state index in [0.29, 0.717) is 26.1 Å². The summed E-state index contributed by atoms with van der Waals surface area (Å²) < 4.78 is 11.8. The lowest BCUT2D eigenvalue weighted by atomic mass is 9.93. The van der Waals surface area contributed by atoms with E-state index in [1.54, 1.807) is 0 Å². The van der Waals surface area contributed by atoms with Crippen molar-refractivity contribution in [3.8, 4) is 0 Å². The van der Waals surface area contributed by atoms with Crippen LogP contribution < -0.4 is 0 Å². The van der Waals surface area contributed by atoms with Gasteiger partial charge in [-0.2, -0.15) is 0 Å². The number of ether oxygens (including phenoxy) is 2. The van der Waals surface area contributed by atoms with E-state index in [2.05, 4.69) is 6.92 Å². The van der Waals surface area contributed by atoms with Gasteiger partial charge < -0.3 is 19.7 Å². The van der Waals surface area contributed by atoms with Gasteiger partial charge in [-0.1, -0.05) is 32.6 Å². The molecule has 2 unspecified atom stereocenters. The Kier molecular flexibility index (Phi) is 6.93. The fourth-order valence-corrected chi connectivity index (χ4v) is 3.70. The molecule has 21 heavy (non-hydrogen) atoms. The average molecular weight is 300 g/mol. The Bertz CT molecular complexity index is 289. The van der Waals surface area contributed by atoms with E-state index in [1.165, 1.54) is 25.7 Å². The number of unbranched alkanes of at least 4 members (excludes halogenated alkanes) is 4. The third-order valence-corrected chi connectivity index (χ3v) is 5.00. The third-order valence-electron chi connectivity index (χ3n) is 5.00. The van der Waals surface area contributed by atoms with Crippen LogP contribution in [0.2, 0.25) is 0 Å². The molecule has 4 nitrogen and oxygen atoms in total. The normalized spacial score (nSPS) is 31.9. The lowest BCUT2D eigenvalue weighted by molar-refractivity contribution is -0.171. The fourth-order valence-electron chi connectivity index (χ4n) is 3.70. The summed E-state index contributed by atoms with van der Waals surface area (Å²) >= 11 is 0. The van der Waals surface area contributed by atoms with E-state index in [0.717, 1.165) is 25.7 Å². The van der Waals surface area contributed by atoms with Gasteiger partial charge in [0.1, 0.15) is 0 Å². The van der Waals surface area contributed by atoms with Gasteiger partial charge in [0.05, 0.1) is 25.4 Å². The van der Waals surface area contributed by atoms with Gasteiger partial charge in [0.2, 0.25) is 0 Å². The largest absolute Gasteiger partial charge is 0.393 e. The minimum absolute atomic E-state index is 0.199. The molecule has 2 fully saturated rings. The first kappa shape index (κ1) is 17.2. The second-order valence-corrected chi connectivity index (χ2v) is 6.76. The zero-order valence-electron chi connectivity index (χ0n) is 13.4. The second kappa shape index (κ2) is 8.47. The smallest absolute Gasteiger partial charge is 0.168 e. The molecule has 1 heterocycles. The molecule has 0 amide bonds. The number of aliphatic hydroxyl groups is 2. The molecule has 2 N–H and O–H groups in total. The molecule has 0 radical (unpaired) electrons. The Morgan fingerprint density at radius 2 is 1.67 bits per heavy atom. The summed E-state index contributed by atoms with van der Waals surface area (Å²) in [6.45, 7) is 3.60. The standard InChI is InChI=1S/C17H32O4/c1-2-3-4-5-6-8-17(20-10-11-21-17)9-7-14-12-15(18)13-16(14)19/h14-16,18-19H,2-13H2,1H3/t14-,15?,16?/m1/s1. The van der Waals surface area contributed by atoms with Crippen LogP contribution in [0.15, 0.2) is 0 Å². The monoisotopic (exact) mass is 300 g/mol. The molecule has 0 aromatic heterocycles. The highest BCUT2D eigenvalue weighted by molar-refractivity contribution is 4.85. The Morgan fingerprint density at radius 3 is 2.29 bits per heavy atom. The quantitative estimate of drug-likeness (QED) is 0.643. The van der Waals surface area contributed by atoms with Gasteiger partial charge in [0.25, 0.3) is 0 Å². The fraction of sp³-hybridized carbons (Fsp3) is 1.00. The molecular weight excluding hydrogens is 268 g/mol. The summed E-state index contributed by atoms with van der Waals surface area (Å²) in [5, 5.41) is 19.6. The number of hydrogen-bond donors (Lipinski definition) is 2. The van der Waals surface area contributed by atoms with Gasteiger partial charge in [-0.25, -0.2) is 0 Å². The molecule has 1 saturated heterocycles. The molecule has 1 aliphatic heterocycles. The molecule has 2 rings (SSSR count). The van der Waals surface area contributed by atoms with E-state index in [1.807, 2.05) is 0 Å². The number of aliphatic hydroxyl groups excluding tert-OH is 2. The van der Waals surface area contributed by atoms with Crippen molar-refractivity contribution >= 4 is 0 Å². The highest BCUT2D eigenvalue weighted by atomic mass is 16.7. The zero-order chi connectivity index (χ0) is 15.1. The van der Waals surface area contributed by atoms with Crippen molar-refractivity contribution in [1.29, 1.82) is 0 Å². The van der Waals surface area contributed by atoms with Crippen LogP contribution >= 0.6 is 0 Å². The lowest BCUT2D eigenvalue weighted by Gasteiger charge is -2.29. The highest BCUT2D eigenvalue weighted by Crippen LogP contribution is 2.36. The van der Waals surface area contributed by atoms with Crippen LogP contribution in [0.3, 0.4) is 0 Å². The summed E-state index contributed by atoms with van der Waals surface area (Å²) in [4.78, 5) is 0. The van der Waals surface area contributed by atoms with Crippen LogP contribution in [-0.4, -0.2) is 41.4 Å². The van der Waals surface area contributed by atoms with Gasteiger partial charge in [-0.15, -0.1) is 0 Å². The molecular formula is C17H32O4. The van der Waals surface area contributed by atoms with Crippen molar-refractivity contribution in [2.75, 3.05) is 13.2 Å². The van der Waals surface area contributed by atoms with Crippen molar-refractivity contribution in [3.63, 3.8) is 0 Å². The Morgan fingerprint density at radius 1 is 0.952 bits per heavy atom. The Hall–Kier alpha value is -0.160. The maximum Gasteiger partial charge on any atom is 0.168 e. The summed E-state index contributed by atoms with van der Waals surface area (Å²) in [7, 11) is 0. The first-order valence-corrected chi connectivity index (χ1v) is 8.79. The van der Waals surface area contributed by atoms with Crippen molar-refractivity contribution in [2.24, 2.45) is 5.92 Å². The molecule has 1 aliphatic carbocycles. The number of hydrogen-bond acceptors (Lipinski definition) is 4. The van der Waals surface area contributed by atoms with Gasteiger partial charge in [-0.3, -0.25) is 0 Å². The van der Waals surface area contributed by atoms with Crippen LogP contribution in [0.1, 0.15) is 71.1 Å². The van der Waals surface area contributed by atoms with E-state index in [9.17, 15) is 10.2 Å². The van der Waals surface area contributed by atoms with Crippen molar-refractivity contribution < 1.29 is 19.7 Å². The number of rotatable bonds is 9. The topological polar surface area (TPSA) is 58.9 Å². The van der Waals surface area contributed by atoms with Crippen LogP contribution in [0.4, 0.5) is 0 Å². The Labute approximate surface area is 128 Å². The molecule has 0 aromatic rings. The first-order chi connectivity index (χ1) is 10.2. The minimum Gasteiger partial charge on any atom is -0.393 e. The highest BCUT2D eigenvalue weighted by Gasteiger charge is 2.39. The summed E-state index contributed by atoms with van der Waals surface area (Å²) in [5.74, 6) is -0.218. The predicted molar refractivity (Wildman–Crippen MR) is 82.0 cm³/mol. The third kappa shape index (κ3) is 5.20. The van der Waals surface area contributed by atoms with Gasteiger partial charge in [0, 0.05) is 12.8 Å². The first-order valence-electron chi connectivity index (χ1n) is 8.79. The van der Waals surface area contributed by atoms with Crippen LogP contribution in [0.5, 0.6) is 0 Å². The molecule has 0 bridgehead atoms. The molecule has 0 spiro atoms. The van der Waals surface area contributed by atoms with E-state index >= 15 is 0 Å². The molecule has 0 aromatic carbocycles. The van der Waals surface area contributed by atoms with E-state index in [4.69, 9.17) is 9.47 Å². The second-order valence-electron chi connectivity index (χ2n) is 6.76. The van der Waals surface area contributed by atoms with Crippen LogP contribution in [-0.2, 0) is 9.47 Å². The summed E-state index contributed by atoms with van der Waals surface area (Å²) in [6.07, 6.45) is 9.49. The van der Waals surface area contributed by atoms with Crippen molar-refractivity contribution in [2.45, 2.75) is 89.1 Å². The SMILES string of the molecule is CCCCCCCC1(CC[C@@H]2CC(O)CC2O)OCCO1. The zero-order valence-corrected chi connectivity index (χ0v) is 13.4. The molecule has 4 heteroatoms. The van der Waals surface area contributed by atoms with E-state index < -0.39 is 5.79 Å². The average Bonchev–Trinajstić information content (AvgIpc) is 3.04. The van der Waals surface area contributed by atoms with Gasteiger partial charge in [0.15, 0.2) is 5.79 Å². The van der Waals surface area contributed by atoms with Crippen LogP contribution in [0, 0.1) is 5.92 Å². The van der Waals surface area contributed by atoms with Gasteiger partial charge >= 0.3 is 0 Å².